The highest BCUT2D eigenvalue weighted by molar-refractivity contribution is 7.92. The molecule has 1 N–H and O–H groups in total. The smallest absolute Gasteiger partial charge is 0.264 e. The number of benzene rings is 3. The highest BCUT2D eigenvalue weighted by Gasteiger charge is 2.34. The lowest BCUT2D eigenvalue weighted by Gasteiger charge is -2.33. The zero-order valence-electron chi connectivity index (χ0n) is 22.4. The highest BCUT2D eigenvalue weighted by Crippen LogP contribution is 2.31. The number of halogens is 2. The van der Waals surface area contributed by atoms with Crippen LogP contribution >= 0.6 is 23.2 Å². The average molecular weight is 591 g/mol. The third kappa shape index (κ3) is 7.75. The summed E-state index contributed by atoms with van der Waals surface area (Å²) in [5.41, 5.74) is 2.05. The Bertz CT molecular complexity index is 1400. The van der Waals surface area contributed by atoms with E-state index in [1.807, 2.05) is 52.0 Å². The van der Waals surface area contributed by atoms with Gasteiger partial charge in [0, 0.05) is 12.6 Å². The van der Waals surface area contributed by atoms with Crippen molar-refractivity contribution in [2.45, 2.75) is 57.6 Å². The number of nitrogens with zero attached hydrogens (tertiary/aromatic N) is 2. The van der Waals surface area contributed by atoms with Crippen LogP contribution in [0, 0.1) is 6.92 Å². The first-order valence-electron chi connectivity index (χ1n) is 12.6. The highest BCUT2D eigenvalue weighted by atomic mass is 35.5. The van der Waals surface area contributed by atoms with E-state index in [0.29, 0.717) is 6.42 Å². The largest absolute Gasteiger partial charge is 0.352 e. The van der Waals surface area contributed by atoms with Crippen molar-refractivity contribution >= 4 is 50.7 Å². The van der Waals surface area contributed by atoms with Crippen LogP contribution in [0.15, 0.2) is 77.7 Å². The molecule has 3 rings (SSSR count). The lowest BCUT2D eigenvalue weighted by atomic mass is 10.1. The Labute approximate surface area is 240 Å². The van der Waals surface area contributed by atoms with Crippen molar-refractivity contribution in [1.82, 2.24) is 10.2 Å². The van der Waals surface area contributed by atoms with Crippen molar-refractivity contribution in [3.63, 3.8) is 0 Å². The first kappa shape index (κ1) is 30.5. The van der Waals surface area contributed by atoms with Crippen LogP contribution in [0.4, 0.5) is 5.69 Å². The molecule has 0 bridgehead atoms. The third-order valence-electron chi connectivity index (χ3n) is 6.09. The number of carbonyl (C=O) groups is 2. The topological polar surface area (TPSA) is 86.8 Å². The summed E-state index contributed by atoms with van der Waals surface area (Å²) >= 11 is 12.3. The van der Waals surface area contributed by atoms with Gasteiger partial charge in [0.25, 0.3) is 10.0 Å². The van der Waals surface area contributed by atoms with Gasteiger partial charge in [-0.3, -0.25) is 13.9 Å². The molecule has 39 heavy (non-hydrogen) atoms. The minimum Gasteiger partial charge on any atom is -0.352 e. The lowest BCUT2D eigenvalue weighted by Crippen LogP contribution is -2.53. The zero-order valence-corrected chi connectivity index (χ0v) is 24.7. The molecular weight excluding hydrogens is 557 g/mol. The van der Waals surface area contributed by atoms with E-state index in [-0.39, 0.29) is 39.1 Å². The molecule has 0 heterocycles. The number of nitrogens with one attached hydrogen (secondary N) is 1. The van der Waals surface area contributed by atoms with Crippen LogP contribution in [0.25, 0.3) is 0 Å². The van der Waals surface area contributed by atoms with E-state index >= 15 is 0 Å². The summed E-state index contributed by atoms with van der Waals surface area (Å²) in [7, 11) is -4.18. The minimum absolute atomic E-state index is 0.0125. The van der Waals surface area contributed by atoms with Crippen LogP contribution in [-0.4, -0.2) is 43.8 Å². The van der Waals surface area contributed by atoms with E-state index in [4.69, 9.17) is 23.2 Å². The van der Waals surface area contributed by atoms with E-state index in [9.17, 15) is 18.0 Å². The Kier molecular flexibility index (Phi) is 10.4. The molecule has 0 fully saturated rings. The van der Waals surface area contributed by atoms with Gasteiger partial charge in [-0.1, -0.05) is 78.2 Å². The van der Waals surface area contributed by atoms with Gasteiger partial charge in [0.1, 0.15) is 12.6 Å². The molecule has 0 aromatic heterocycles. The van der Waals surface area contributed by atoms with Gasteiger partial charge in [-0.2, -0.15) is 0 Å². The van der Waals surface area contributed by atoms with Crippen molar-refractivity contribution < 1.29 is 18.0 Å². The summed E-state index contributed by atoms with van der Waals surface area (Å²) in [5.74, 6) is -0.841. The molecule has 0 saturated heterocycles. The van der Waals surface area contributed by atoms with E-state index in [1.165, 1.54) is 35.2 Å². The number of rotatable bonds is 11. The summed E-state index contributed by atoms with van der Waals surface area (Å²) in [6.07, 6.45) is 0.342. The SMILES string of the molecule is CC[C@@H](C(=O)NC(C)C)N(Cc1ccc(C)cc1)C(=O)CN(c1ccc(Cl)c(Cl)c1)S(=O)(=O)c1ccccc1. The molecule has 2 amide bonds. The summed E-state index contributed by atoms with van der Waals surface area (Å²) in [4.78, 5) is 28.6. The Morgan fingerprint density at radius 2 is 1.56 bits per heavy atom. The molecule has 0 aliphatic heterocycles. The van der Waals surface area contributed by atoms with Gasteiger partial charge >= 0.3 is 0 Å². The number of aryl methyl sites for hydroxylation is 1. The predicted molar refractivity (Wildman–Crippen MR) is 157 cm³/mol. The molecule has 0 aliphatic carbocycles. The van der Waals surface area contributed by atoms with Crippen LogP contribution in [0.1, 0.15) is 38.3 Å². The fraction of sp³-hybridized carbons (Fsp3) is 0.310. The normalized spacial score (nSPS) is 12.2. The Morgan fingerprint density at radius 3 is 2.13 bits per heavy atom. The Balaban J connectivity index is 2.07. The minimum atomic E-state index is -4.18. The molecule has 0 radical (unpaired) electrons. The van der Waals surface area contributed by atoms with E-state index in [0.717, 1.165) is 15.4 Å². The fourth-order valence-electron chi connectivity index (χ4n) is 4.08. The number of amides is 2. The molecule has 0 spiro atoms. The Hall–Kier alpha value is -3.07. The summed E-state index contributed by atoms with van der Waals surface area (Å²) < 4.78 is 28.6. The molecule has 0 aliphatic rings. The molecule has 3 aromatic rings. The van der Waals surface area contributed by atoms with Crippen molar-refractivity contribution in [2.24, 2.45) is 0 Å². The van der Waals surface area contributed by atoms with Crippen LogP contribution in [0.3, 0.4) is 0 Å². The van der Waals surface area contributed by atoms with Crippen molar-refractivity contribution in [3.8, 4) is 0 Å². The maximum Gasteiger partial charge on any atom is 0.264 e. The molecule has 0 saturated carbocycles. The lowest BCUT2D eigenvalue weighted by molar-refractivity contribution is -0.140. The maximum absolute atomic E-state index is 14.0. The van der Waals surface area contributed by atoms with E-state index in [1.54, 1.807) is 18.2 Å². The number of anilines is 1. The molecular formula is C29H33Cl2N3O4S. The quantitative estimate of drug-likeness (QED) is 0.305. The molecule has 1 atom stereocenters. The zero-order chi connectivity index (χ0) is 28.7. The fourth-order valence-corrected chi connectivity index (χ4v) is 5.80. The third-order valence-corrected chi connectivity index (χ3v) is 8.62. The van der Waals surface area contributed by atoms with Crippen LogP contribution in [0.5, 0.6) is 0 Å². The second kappa shape index (κ2) is 13.3. The standard InChI is InChI=1S/C29H33Cl2N3O4S/c1-5-27(29(36)32-20(2)3)33(18-22-13-11-21(4)12-14-22)28(35)19-34(23-15-16-25(30)26(31)17-23)39(37,38)24-9-7-6-8-10-24/h6-17,20,27H,5,18-19H2,1-4H3,(H,32,36)/t27-/m0/s1. The predicted octanol–water partition coefficient (Wildman–Crippen LogP) is 5.83. The van der Waals surface area contributed by atoms with Crippen LogP contribution in [0.2, 0.25) is 10.0 Å². The van der Waals surface area contributed by atoms with E-state index in [2.05, 4.69) is 5.32 Å². The molecule has 0 unspecified atom stereocenters. The summed E-state index contributed by atoms with van der Waals surface area (Å²) in [6, 6.07) is 18.9. The van der Waals surface area contributed by atoms with Gasteiger partial charge in [0.05, 0.1) is 20.6 Å². The molecule has 208 valence electrons. The second-order valence-electron chi connectivity index (χ2n) is 9.52. The number of sulfonamides is 1. The van der Waals surface area contributed by atoms with Crippen LogP contribution in [-0.2, 0) is 26.2 Å². The first-order valence-corrected chi connectivity index (χ1v) is 14.8. The van der Waals surface area contributed by atoms with Crippen LogP contribution < -0.4 is 9.62 Å². The number of hydrogen-bond acceptors (Lipinski definition) is 4. The first-order chi connectivity index (χ1) is 18.4. The monoisotopic (exact) mass is 589 g/mol. The summed E-state index contributed by atoms with van der Waals surface area (Å²) in [5, 5.41) is 3.28. The average Bonchev–Trinajstić information content (AvgIpc) is 2.90. The molecule has 7 nitrogen and oxygen atoms in total. The van der Waals surface area contributed by atoms with Gasteiger partial charge < -0.3 is 10.2 Å². The van der Waals surface area contributed by atoms with Gasteiger partial charge in [-0.05, 0) is 63.1 Å². The van der Waals surface area contributed by atoms with E-state index < -0.39 is 28.5 Å². The maximum atomic E-state index is 14.0. The number of hydrogen-bond donors (Lipinski definition) is 1. The van der Waals surface area contributed by atoms with Gasteiger partial charge in [0.2, 0.25) is 11.8 Å². The van der Waals surface area contributed by atoms with Crippen molar-refractivity contribution in [1.29, 1.82) is 0 Å². The molecule has 3 aromatic carbocycles. The number of carbonyl (C=O) groups excluding carboxylic acids is 2. The van der Waals surface area contributed by atoms with Gasteiger partial charge in [0.15, 0.2) is 0 Å². The summed E-state index contributed by atoms with van der Waals surface area (Å²) in [6.45, 7) is 7.04. The van der Waals surface area contributed by atoms with Crippen molar-refractivity contribution in [3.05, 3.63) is 94.0 Å². The van der Waals surface area contributed by atoms with Gasteiger partial charge in [-0.25, -0.2) is 8.42 Å². The van der Waals surface area contributed by atoms with Gasteiger partial charge in [-0.15, -0.1) is 0 Å². The second-order valence-corrected chi connectivity index (χ2v) is 12.2. The van der Waals surface area contributed by atoms with Crippen molar-refractivity contribution in [2.75, 3.05) is 10.8 Å². The Morgan fingerprint density at radius 1 is 0.923 bits per heavy atom. The molecule has 10 heteroatoms.